The topological polar surface area (TPSA) is 15.3 Å². The number of rotatable bonds is 3. The monoisotopic (exact) mass is 257 g/mol. The number of nitrogens with zero attached hydrogens (tertiary/aromatic N) is 1. The molecule has 0 aromatic heterocycles. The van der Waals surface area contributed by atoms with Crippen LogP contribution in [0, 0.1) is 0 Å². The van der Waals surface area contributed by atoms with Crippen molar-refractivity contribution in [2.45, 2.75) is 6.04 Å². The molecule has 1 unspecified atom stereocenters. The Labute approximate surface area is 122 Å². The van der Waals surface area contributed by atoms with E-state index in [9.17, 15) is 0 Å². The lowest BCUT2D eigenvalue weighted by Crippen LogP contribution is -2.45. The van der Waals surface area contributed by atoms with Crippen molar-refractivity contribution >= 4 is 0 Å². The Kier molecular flexibility index (Phi) is 2.47. The van der Waals surface area contributed by atoms with Gasteiger partial charge < -0.3 is 5.32 Å². The summed E-state index contributed by atoms with van der Waals surface area (Å²) in [6.07, 6.45) is 0. The number of benzene rings is 2. The molecular formula is C17H20N2. The highest BCUT2D eigenvalue weighted by Crippen LogP contribution is 2.28. The van der Waals surface area contributed by atoms with Gasteiger partial charge in [-0.25, -0.2) is 0 Å². The molecule has 98 valence electrons. The molecule has 1 heterocycles. The molecular weight excluding hydrogens is 232 g/mol. The van der Waals surface area contributed by atoms with Crippen LogP contribution in [0.2, 0.25) is 0 Å². The van der Waals surface area contributed by atoms with Crippen molar-refractivity contribution in [3.05, 3.63) is 71.7 Å². The Hall–Kier alpha value is -1.64. The van der Waals surface area contributed by atoms with E-state index in [1.54, 1.807) is 0 Å². The van der Waals surface area contributed by atoms with Gasteiger partial charge in [-0.3, -0.25) is 4.90 Å². The zero-order chi connectivity index (χ0) is 17.3. The summed E-state index contributed by atoms with van der Waals surface area (Å²) >= 11 is 0. The molecule has 3 rings (SSSR count). The van der Waals surface area contributed by atoms with Crippen LogP contribution >= 0.6 is 0 Å². The van der Waals surface area contributed by atoms with E-state index >= 15 is 0 Å². The standard InChI is InChI=1S/C17H20N2/c1-3-7-15(8-4-1)17(16-9-5-2-6-10-16)19-13-11-18-12-14-19/h1-10,17-18H,11-14H2/i1D,3D,4D,7D,8D. The minimum Gasteiger partial charge on any atom is -0.314 e. The number of nitrogens with one attached hydrogen (secondary N) is 1. The zero-order valence-electron chi connectivity index (χ0n) is 15.7. The summed E-state index contributed by atoms with van der Waals surface area (Å²) in [7, 11) is 0. The van der Waals surface area contributed by atoms with E-state index in [0.717, 1.165) is 31.7 Å². The molecule has 0 aliphatic carbocycles. The molecule has 1 aliphatic rings. The van der Waals surface area contributed by atoms with Crippen molar-refractivity contribution in [2.24, 2.45) is 0 Å². The van der Waals surface area contributed by atoms with E-state index < -0.39 is 0 Å². The molecule has 1 fully saturated rings. The first kappa shape index (κ1) is 7.83. The minimum atomic E-state index is -0.346. The summed E-state index contributed by atoms with van der Waals surface area (Å²) in [5, 5.41) is 3.29. The molecule has 0 saturated carbocycles. The highest BCUT2D eigenvalue weighted by Gasteiger charge is 2.23. The van der Waals surface area contributed by atoms with Crippen LogP contribution < -0.4 is 5.32 Å². The fraction of sp³-hybridized carbons (Fsp3) is 0.294. The Bertz CT molecular complexity index is 701. The van der Waals surface area contributed by atoms with Crippen molar-refractivity contribution in [3.8, 4) is 0 Å². The first-order chi connectivity index (χ1) is 11.5. The second kappa shape index (κ2) is 6.00. The Balaban J connectivity index is 2.20. The van der Waals surface area contributed by atoms with Crippen LogP contribution in [0.15, 0.2) is 60.5 Å². The summed E-state index contributed by atoms with van der Waals surface area (Å²) in [5.74, 6) is 0. The lowest BCUT2D eigenvalue weighted by atomic mass is 9.96. The second-order valence-electron chi connectivity index (χ2n) is 4.64. The summed E-state index contributed by atoms with van der Waals surface area (Å²) in [6, 6.07) is 8.18. The largest absolute Gasteiger partial charge is 0.314 e. The van der Waals surface area contributed by atoms with Gasteiger partial charge in [0, 0.05) is 26.2 Å². The molecule has 0 radical (unpaired) electrons. The van der Waals surface area contributed by atoms with E-state index in [1.165, 1.54) is 0 Å². The predicted octanol–water partition coefficient (Wildman–Crippen LogP) is 2.68. The third kappa shape index (κ3) is 2.86. The van der Waals surface area contributed by atoms with Gasteiger partial charge >= 0.3 is 0 Å². The molecule has 0 bridgehead atoms. The molecule has 1 atom stereocenters. The third-order valence-electron chi connectivity index (χ3n) is 3.42. The number of hydrogen-bond acceptors (Lipinski definition) is 2. The van der Waals surface area contributed by atoms with E-state index in [1.807, 2.05) is 30.3 Å². The zero-order valence-corrected chi connectivity index (χ0v) is 10.7. The maximum atomic E-state index is 8.32. The summed E-state index contributed by atoms with van der Waals surface area (Å²) < 4.78 is 40.4. The average molecular weight is 257 g/mol. The SMILES string of the molecule is [2H]c1c([2H])c([2H])c(C(c2ccccc2)N2CCNCC2)c([2H])c1[2H]. The normalized spacial score (nSPS) is 21.8. The molecule has 1 saturated heterocycles. The molecule has 19 heavy (non-hydrogen) atoms. The van der Waals surface area contributed by atoms with Gasteiger partial charge in [0.05, 0.1) is 12.9 Å². The maximum Gasteiger partial charge on any atom is 0.0626 e. The van der Waals surface area contributed by atoms with Crippen LogP contribution in [0.1, 0.15) is 24.0 Å². The van der Waals surface area contributed by atoms with Crippen LogP contribution in [-0.4, -0.2) is 31.1 Å². The van der Waals surface area contributed by atoms with E-state index in [2.05, 4.69) is 10.2 Å². The molecule has 2 heteroatoms. The Morgan fingerprint density at radius 3 is 2.32 bits per heavy atom. The molecule has 1 aliphatic heterocycles. The minimum absolute atomic E-state index is 0.117. The lowest BCUT2D eigenvalue weighted by molar-refractivity contribution is 0.198. The van der Waals surface area contributed by atoms with Crippen LogP contribution in [0.3, 0.4) is 0 Å². The fourth-order valence-electron chi connectivity index (χ4n) is 2.53. The first-order valence-corrected chi connectivity index (χ1v) is 6.59. The average Bonchev–Trinajstić information content (AvgIpc) is 2.63. The molecule has 1 N–H and O–H groups in total. The smallest absolute Gasteiger partial charge is 0.0626 e. The van der Waals surface area contributed by atoms with Gasteiger partial charge in [0.1, 0.15) is 0 Å². The van der Waals surface area contributed by atoms with Crippen molar-refractivity contribution in [3.63, 3.8) is 0 Å². The Morgan fingerprint density at radius 2 is 1.63 bits per heavy atom. The molecule has 2 aromatic carbocycles. The van der Waals surface area contributed by atoms with E-state index in [0.29, 0.717) is 5.56 Å². The first-order valence-electron chi connectivity index (χ1n) is 9.09. The van der Waals surface area contributed by atoms with Crippen LogP contribution in [0.5, 0.6) is 0 Å². The third-order valence-corrected chi connectivity index (χ3v) is 3.42. The van der Waals surface area contributed by atoms with Crippen LogP contribution in [-0.2, 0) is 0 Å². The maximum absolute atomic E-state index is 8.32. The van der Waals surface area contributed by atoms with Crippen molar-refractivity contribution in [1.29, 1.82) is 0 Å². The number of piperazine rings is 1. The van der Waals surface area contributed by atoms with Gasteiger partial charge in [0.25, 0.3) is 0 Å². The van der Waals surface area contributed by atoms with Gasteiger partial charge in [0.15, 0.2) is 0 Å². The summed E-state index contributed by atoms with van der Waals surface area (Å²) in [5.41, 5.74) is 1.30. The predicted molar refractivity (Wildman–Crippen MR) is 79.2 cm³/mol. The van der Waals surface area contributed by atoms with Gasteiger partial charge in [-0.2, -0.15) is 0 Å². The molecule has 0 spiro atoms. The second-order valence-corrected chi connectivity index (χ2v) is 4.64. The number of hydrogen-bond donors (Lipinski definition) is 1. The fourth-order valence-corrected chi connectivity index (χ4v) is 2.53. The van der Waals surface area contributed by atoms with E-state index in [4.69, 9.17) is 6.85 Å². The van der Waals surface area contributed by atoms with Crippen molar-refractivity contribution in [1.82, 2.24) is 10.2 Å². The van der Waals surface area contributed by atoms with Crippen LogP contribution in [0.25, 0.3) is 0 Å². The van der Waals surface area contributed by atoms with Gasteiger partial charge in [-0.05, 0) is 11.1 Å². The highest BCUT2D eigenvalue weighted by molar-refractivity contribution is 5.31. The molecule has 2 aromatic rings. The van der Waals surface area contributed by atoms with E-state index in [-0.39, 0.29) is 36.3 Å². The Morgan fingerprint density at radius 1 is 0.947 bits per heavy atom. The van der Waals surface area contributed by atoms with Gasteiger partial charge in [-0.1, -0.05) is 60.5 Å². The molecule has 0 amide bonds. The van der Waals surface area contributed by atoms with Gasteiger partial charge in [0.2, 0.25) is 0 Å². The molecule has 2 nitrogen and oxygen atoms in total. The quantitative estimate of drug-likeness (QED) is 0.909. The highest BCUT2D eigenvalue weighted by atomic mass is 15.2. The van der Waals surface area contributed by atoms with Crippen molar-refractivity contribution < 1.29 is 6.85 Å². The summed E-state index contributed by atoms with van der Waals surface area (Å²) in [6.45, 7) is 3.17. The van der Waals surface area contributed by atoms with Gasteiger partial charge in [-0.15, -0.1) is 0 Å². The van der Waals surface area contributed by atoms with Crippen molar-refractivity contribution in [2.75, 3.05) is 26.2 Å². The van der Waals surface area contributed by atoms with Crippen LogP contribution in [0.4, 0.5) is 0 Å². The lowest BCUT2D eigenvalue weighted by Gasteiger charge is -2.35. The summed E-state index contributed by atoms with van der Waals surface area (Å²) in [4.78, 5) is 2.18.